The molecule has 0 aliphatic carbocycles. The van der Waals surface area contributed by atoms with E-state index in [9.17, 15) is 14.4 Å². The first kappa shape index (κ1) is 63.1. The predicted molar refractivity (Wildman–Crippen MR) is 284 cm³/mol. The van der Waals surface area contributed by atoms with E-state index in [0.29, 0.717) is 19.3 Å². The molecule has 0 aliphatic rings. The Morgan fingerprint density at radius 2 is 0.561 bits per heavy atom. The number of esters is 3. The number of allylic oxidation sites excluding steroid dienone is 10. The highest BCUT2D eigenvalue weighted by Crippen LogP contribution is 2.15. The van der Waals surface area contributed by atoms with Crippen LogP contribution in [-0.2, 0) is 28.6 Å². The van der Waals surface area contributed by atoms with Crippen LogP contribution in [0, 0.1) is 0 Å². The molecule has 0 aliphatic heterocycles. The Kier molecular flexibility index (Phi) is 52.3. The van der Waals surface area contributed by atoms with E-state index in [0.717, 1.165) is 103 Å². The van der Waals surface area contributed by atoms with Crippen LogP contribution in [0.3, 0.4) is 0 Å². The second-order valence-corrected chi connectivity index (χ2v) is 18.8. The molecule has 0 N–H and O–H groups in total. The number of unbranched alkanes of at least 4 members (excludes halogenated alkanes) is 30. The maximum absolute atomic E-state index is 12.8. The van der Waals surface area contributed by atoms with E-state index in [-0.39, 0.29) is 31.1 Å². The molecule has 0 radical (unpaired) electrons. The van der Waals surface area contributed by atoms with E-state index >= 15 is 0 Å². The Bertz CT molecular complexity index is 1200. The van der Waals surface area contributed by atoms with Crippen LogP contribution in [0.1, 0.15) is 284 Å². The summed E-state index contributed by atoms with van der Waals surface area (Å²) in [5.41, 5.74) is 0. The third kappa shape index (κ3) is 52.1. The zero-order chi connectivity index (χ0) is 47.9. The summed E-state index contributed by atoms with van der Waals surface area (Å²) in [6.07, 6.45) is 67.7. The molecule has 0 rings (SSSR count). The van der Waals surface area contributed by atoms with Crippen LogP contribution in [0.5, 0.6) is 0 Å². The van der Waals surface area contributed by atoms with Crippen molar-refractivity contribution in [3.05, 3.63) is 60.8 Å². The molecule has 66 heavy (non-hydrogen) atoms. The lowest BCUT2D eigenvalue weighted by atomic mass is 10.0. The summed E-state index contributed by atoms with van der Waals surface area (Å²) in [6, 6.07) is 0. The second kappa shape index (κ2) is 54.7. The van der Waals surface area contributed by atoms with Crippen molar-refractivity contribution >= 4 is 17.9 Å². The third-order valence-electron chi connectivity index (χ3n) is 12.2. The van der Waals surface area contributed by atoms with Crippen LogP contribution in [-0.4, -0.2) is 37.2 Å². The summed E-state index contributed by atoms with van der Waals surface area (Å²) in [4.78, 5) is 38.1. The Balaban J connectivity index is 4.37. The van der Waals surface area contributed by atoms with Crippen molar-refractivity contribution in [1.82, 2.24) is 0 Å². The van der Waals surface area contributed by atoms with Gasteiger partial charge in [-0.15, -0.1) is 0 Å². The number of hydrogen-bond donors (Lipinski definition) is 0. The molecule has 0 fully saturated rings. The molecule has 0 heterocycles. The van der Waals surface area contributed by atoms with E-state index in [1.54, 1.807) is 0 Å². The van der Waals surface area contributed by atoms with E-state index in [4.69, 9.17) is 14.2 Å². The minimum atomic E-state index is -0.785. The van der Waals surface area contributed by atoms with Gasteiger partial charge >= 0.3 is 17.9 Å². The molecule has 382 valence electrons. The molecule has 0 aromatic carbocycles. The lowest BCUT2D eigenvalue weighted by molar-refractivity contribution is -0.167. The van der Waals surface area contributed by atoms with Crippen LogP contribution in [0.25, 0.3) is 0 Å². The summed E-state index contributed by atoms with van der Waals surface area (Å²) >= 11 is 0. The highest BCUT2D eigenvalue weighted by atomic mass is 16.6. The Hall–Kier alpha value is -2.89. The molecule has 0 saturated carbocycles. The lowest BCUT2D eigenvalue weighted by Gasteiger charge is -2.18. The quantitative estimate of drug-likeness (QED) is 0.0262. The van der Waals surface area contributed by atoms with Crippen LogP contribution < -0.4 is 0 Å². The largest absolute Gasteiger partial charge is 0.462 e. The maximum atomic E-state index is 12.8. The standard InChI is InChI=1S/C60H106O6/c1-4-7-10-13-16-19-22-25-27-28-29-30-31-32-33-36-38-41-44-47-50-53-59(62)65-56-57(55-64-58(61)52-49-46-43-40-37-34-24-21-18-15-12-9-6-3)66-60(63)54-51-48-45-42-39-35-26-23-20-17-14-11-8-5-2/h14,17,22-23,25-26,28-29,31-32,57H,4-13,15-16,18-21,24,27,30,33-56H2,1-3H3/b17-14-,25-22-,26-23-,29-28-,32-31-. The van der Waals surface area contributed by atoms with Gasteiger partial charge in [-0.1, -0.05) is 242 Å². The zero-order valence-electron chi connectivity index (χ0n) is 43.7. The highest BCUT2D eigenvalue weighted by molar-refractivity contribution is 5.71. The molecule has 1 unspecified atom stereocenters. The molecule has 0 aromatic heterocycles. The highest BCUT2D eigenvalue weighted by Gasteiger charge is 2.19. The van der Waals surface area contributed by atoms with Gasteiger partial charge < -0.3 is 14.2 Å². The van der Waals surface area contributed by atoms with Gasteiger partial charge in [-0.05, 0) is 83.5 Å². The first-order valence-electron chi connectivity index (χ1n) is 28.3. The number of hydrogen-bond acceptors (Lipinski definition) is 6. The molecule has 0 spiro atoms. The predicted octanol–water partition coefficient (Wildman–Crippen LogP) is 18.8. The molecule has 0 saturated heterocycles. The van der Waals surface area contributed by atoms with Gasteiger partial charge in [0, 0.05) is 19.3 Å². The fraction of sp³-hybridized carbons (Fsp3) is 0.783. The zero-order valence-corrected chi connectivity index (χ0v) is 43.7. The van der Waals surface area contributed by atoms with E-state index in [1.807, 2.05) is 0 Å². The molecule has 6 nitrogen and oxygen atoms in total. The molecule has 0 amide bonds. The molecular weight excluding hydrogens is 817 g/mol. The topological polar surface area (TPSA) is 78.9 Å². The minimum absolute atomic E-state index is 0.0822. The molecule has 0 bridgehead atoms. The van der Waals surface area contributed by atoms with E-state index < -0.39 is 6.10 Å². The molecule has 0 aromatic rings. The monoisotopic (exact) mass is 923 g/mol. The Labute approximate surface area is 409 Å². The van der Waals surface area contributed by atoms with Crippen molar-refractivity contribution in [2.45, 2.75) is 290 Å². The van der Waals surface area contributed by atoms with Gasteiger partial charge in [-0.3, -0.25) is 14.4 Å². The van der Waals surface area contributed by atoms with Gasteiger partial charge in [-0.2, -0.15) is 0 Å². The summed E-state index contributed by atoms with van der Waals surface area (Å²) in [7, 11) is 0. The number of rotatable bonds is 51. The van der Waals surface area contributed by atoms with Crippen molar-refractivity contribution < 1.29 is 28.6 Å². The first-order chi connectivity index (χ1) is 32.5. The Morgan fingerprint density at radius 3 is 0.894 bits per heavy atom. The fourth-order valence-corrected chi connectivity index (χ4v) is 7.94. The minimum Gasteiger partial charge on any atom is -0.462 e. The molecule has 6 heteroatoms. The van der Waals surface area contributed by atoms with Gasteiger partial charge in [0.25, 0.3) is 0 Å². The summed E-state index contributed by atoms with van der Waals surface area (Å²) in [6.45, 7) is 6.58. The van der Waals surface area contributed by atoms with Gasteiger partial charge in [-0.25, -0.2) is 0 Å². The Morgan fingerprint density at radius 1 is 0.303 bits per heavy atom. The van der Waals surface area contributed by atoms with Crippen LogP contribution in [0.2, 0.25) is 0 Å². The van der Waals surface area contributed by atoms with Crippen molar-refractivity contribution in [3.63, 3.8) is 0 Å². The van der Waals surface area contributed by atoms with Crippen LogP contribution >= 0.6 is 0 Å². The van der Waals surface area contributed by atoms with Crippen LogP contribution in [0.4, 0.5) is 0 Å². The van der Waals surface area contributed by atoms with E-state index in [1.165, 1.54) is 141 Å². The number of carbonyl (C=O) groups is 3. The van der Waals surface area contributed by atoms with E-state index in [2.05, 4.69) is 81.5 Å². The van der Waals surface area contributed by atoms with Crippen LogP contribution in [0.15, 0.2) is 60.8 Å². The van der Waals surface area contributed by atoms with Crippen molar-refractivity contribution in [2.75, 3.05) is 13.2 Å². The average Bonchev–Trinajstić information content (AvgIpc) is 3.31. The molecular formula is C60H106O6. The second-order valence-electron chi connectivity index (χ2n) is 18.8. The lowest BCUT2D eigenvalue weighted by Crippen LogP contribution is -2.30. The summed E-state index contributed by atoms with van der Waals surface area (Å²) < 4.78 is 16.8. The summed E-state index contributed by atoms with van der Waals surface area (Å²) in [5.74, 6) is -0.900. The van der Waals surface area contributed by atoms with Gasteiger partial charge in [0.15, 0.2) is 6.10 Å². The average molecular weight is 924 g/mol. The van der Waals surface area contributed by atoms with Gasteiger partial charge in [0.05, 0.1) is 0 Å². The normalized spacial score (nSPS) is 12.5. The first-order valence-corrected chi connectivity index (χ1v) is 28.3. The van der Waals surface area contributed by atoms with Crippen molar-refractivity contribution in [1.29, 1.82) is 0 Å². The van der Waals surface area contributed by atoms with Crippen molar-refractivity contribution in [2.24, 2.45) is 0 Å². The number of carbonyl (C=O) groups excluding carboxylic acids is 3. The SMILES string of the molecule is CCCC/C=C\C/C=C\CCCCCCCC(=O)OC(COC(=O)CCCCCCCC/C=C\C/C=C\C/C=C\CCCCCCC)COC(=O)CCCCCCCCCCCCCCC. The van der Waals surface area contributed by atoms with Crippen molar-refractivity contribution in [3.8, 4) is 0 Å². The fourth-order valence-electron chi connectivity index (χ4n) is 7.94. The van der Waals surface area contributed by atoms with Gasteiger partial charge in [0.2, 0.25) is 0 Å². The third-order valence-corrected chi connectivity index (χ3v) is 12.2. The van der Waals surface area contributed by atoms with Gasteiger partial charge in [0.1, 0.15) is 13.2 Å². The number of ether oxygens (including phenoxy) is 3. The summed E-state index contributed by atoms with van der Waals surface area (Å²) in [5, 5.41) is 0. The smallest absolute Gasteiger partial charge is 0.306 e. The molecule has 1 atom stereocenters. The maximum Gasteiger partial charge on any atom is 0.306 e.